The van der Waals surface area contributed by atoms with E-state index in [1.807, 2.05) is 11.8 Å². The lowest BCUT2D eigenvalue weighted by Gasteiger charge is -2.26. The third-order valence-electron chi connectivity index (χ3n) is 3.40. The predicted molar refractivity (Wildman–Crippen MR) is 69.7 cm³/mol. The van der Waals surface area contributed by atoms with E-state index in [0.29, 0.717) is 12.5 Å². The van der Waals surface area contributed by atoms with Crippen LogP contribution in [0.3, 0.4) is 0 Å². The third kappa shape index (κ3) is 4.77. The summed E-state index contributed by atoms with van der Waals surface area (Å²) in [6, 6.07) is 0. The van der Waals surface area contributed by atoms with Crippen LogP contribution < -0.4 is 0 Å². The molecule has 0 spiro atoms. The van der Waals surface area contributed by atoms with Gasteiger partial charge in [0.2, 0.25) is 0 Å². The van der Waals surface area contributed by atoms with E-state index in [9.17, 15) is 4.79 Å². The summed E-state index contributed by atoms with van der Waals surface area (Å²) in [6.45, 7) is 2.79. The monoisotopic (exact) mass is 244 g/mol. The minimum absolute atomic E-state index is 0.0522. The highest BCUT2D eigenvalue weighted by molar-refractivity contribution is 7.98. The van der Waals surface area contributed by atoms with Gasteiger partial charge in [-0.3, -0.25) is 4.79 Å². The quantitative estimate of drug-likeness (QED) is 0.528. The molecule has 0 bridgehead atoms. The topological polar surface area (TPSA) is 26.3 Å². The number of rotatable bonds is 6. The maximum Gasteiger partial charge on any atom is 0.309 e. The van der Waals surface area contributed by atoms with Gasteiger partial charge in [0, 0.05) is 0 Å². The van der Waals surface area contributed by atoms with Gasteiger partial charge in [-0.15, -0.1) is 0 Å². The zero-order valence-electron chi connectivity index (χ0n) is 10.5. The Morgan fingerprint density at radius 2 is 2.06 bits per heavy atom. The number of thioether (sulfide) groups is 1. The Morgan fingerprint density at radius 3 is 2.75 bits per heavy atom. The molecule has 1 saturated carbocycles. The maximum absolute atomic E-state index is 11.8. The second-order valence-corrected chi connectivity index (χ2v) is 5.72. The molecule has 2 atom stereocenters. The van der Waals surface area contributed by atoms with Gasteiger partial charge in [0.1, 0.15) is 0 Å². The minimum Gasteiger partial charge on any atom is -0.465 e. The molecule has 2 nitrogen and oxygen atoms in total. The van der Waals surface area contributed by atoms with Crippen molar-refractivity contribution in [1.29, 1.82) is 0 Å². The standard InChI is InChI=1S/C13H24O2S/c1-11-7-3-4-8-12(11)13(14)15-9-5-6-10-16-2/h11-12H,3-10H2,1-2H3. The summed E-state index contributed by atoms with van der Waals surface area (Å²) in [5.41, 5.74) is 0. The van der Waals surface area contributed by atoms with E-state index in [1.165, 1.54) is 19.3 Å². The Morgan fingerprint density at radius 1 is 1.31 bits per heavy atom. The molecule has 16 heavy (non-hydrogen) atoms. The first-order valence-electron chi connectivity index (χ1n) is 6.41. The van der Waals surface area contributed by atoms with Crippen molar-refractivity contribution in [2.75, 3.05) is 18.6 Å². The Bertz CT molecular complexity index is 206. The fraction of sp³-hybridized carbons (Fsp3) is 0.923. The molecule has 0 aromatic rings. The number of ether oxygens (including phenoxy) is 1. The van der Waals surface area contributed by atoms with Crippen LogP contribution in [0, 0.1) is 11.8 Å². The molecule has 1 rings (SSSR count). The van der Waals surface area contributed by atoms with Crippen LogP contribution >= 0.6 is 11.8 Å². The Kier molecular flexibility index (Phi) is 6.93. The molecule has 3 heteroatoms. The van der Waals surface area contributed by atoms with Gasteiger partial charge in [0.25, 0.3) is 0 Å². The van der Waals surface area contributed by atoms with E-state index >= 15 is 0 Å². The SMILES string of the molecule is CSCCCCOC(=O)C1CCCCC1C. The summed E-state index contributed by atoms with van der Waals surface area (Å²) in [7, 11) is 0. The lowest BCUT2D eigenvalue weighted by molar-refractivity contribution is -0.151. The van der Waals surface area contributed by atoms with Crippen molar-refractivity contribution in [3.63, 3.8) is 0 Å². The van der Waals surface area contributed by atoms with Crippen LogP contribution in [-0.4, -0.2) is 24.6 Å². The van der Waals surface area contributed by atoms with Gasteiger partial charge < -0.3 is 4.74 Å². The first-order chi connectivity index (χ1) is 7.75. The summed E-state index contributed by atoms with van der Waals surface area (Å²) >= 11 is 1.85. The molecule has 0 aromatic carbocycles. The number of hydrogen-bond donors (Lipinski definition) is 0. The van der Waals surface area contributed by atoms with Gasteiger partial charge in [-0.05, 0) is 43.6 Å². The number of unbranched alkanes of at least 4 members (excludes halogenated alkanes) is 1. The number of hydrogen-bond acceptors (Lipinski definition) is 3. The average Bonchev–Trinajstić information content (AvgIpc) is 2.29. The molecule has 1 aliphatic rings. The first-order valence-corrected chi connectivity index (χ1v) is 7.80. The van der Waals surface area contributed by atoms with Crippen molar-refractivity contribution in [1.82, 2.24) is 0 Å². The average molecular weight is 244 g/mol. The smallest absolute Gasteiger partial charge is 0.309 e. The van der Waals surface area contributed by atoms with Crippen molar-refractivity contribution in [2.24, 2.45) is 11.8 Å². The molecular formula is C13H24O2S. The lowest BCUT2D eigenvalue weighted by atomic mass is 9.80. The lowest BCUT2D eigenvalue weighted by Crippen LogP contribution is -2.27. The Hall–Kier alpha value is -0.180. The normalized spacial score (nSPS) is 25.4. The van der Waals surface area contributed by atoms with Gasteiger partial charge in [0.15, 0.2) is 0 Å². The summed E-state index contributed by atoms with van der Waals surface area (Å²) in [5, 5.41) is 0. The van der Waals surface area contributed by atoms with Crippen LogP contribution in [0.5, 0.6) is 0 Å². The number of carbonyl (C=O) groups is 1. The van der Waals surface area contributed by atoms with Crippen LogP contribution in [0.15, 0.2) is 0 Å². The van der Waals surface area contributed by atoms with E-state index in [1.54, 1.807) is 0 Å². The van der Waals surface area contributed by atoms with Gasteiger partial charge in [-0.1, -0.05) is 19.8 Å². The molecule has 0 N–H and O–H groups in total. The van der Waals surface area contributed by atoms with E-state index in [0.717, 1.165) is 25.0 Å². The van der Waals surface area contributed by atoms with Crippen LogP contribution in [0.2, 0.25) is 0 Å². The summed E-state index contributed by atoms with van der Waals surface area (Å²) < 4.78 is 5.35. The Balaban J connectivity index is 2.13. The van der Waals surface area contributed by atoms with Crippen molar-refractivity contribution in [2.45, 2.75) is 45.4 Å². The summed E-state index contributed by atoms with van der Waals surface area (Å²) in [5.74, 6) is 1.91. The molecule has 0 radical (unpaired) electrons. The van der Waals surface area contributed by atoms with E-state index < -0.39 is 0 Å². The van der Waals surface area contributed by atoms with Crippen molar-refractivity contribution in [3.8, 4) is 0 Å². The van der Waals surface area contributed by atoms with Crippen molar-refractivity contribution in [3.05, 3.63) is 0 Å². The molecule has 1 fully saturated rings. The number of esters is 1. The maximum atomic E-state index is 11.8. The highest BCUT2D eigenvalue weighted by Crippen LogP contribution is 2.30. The van der Waals surface area contributed by atoms with Crippen molar-refractivity contribution >= 4 is 17.7 Å². The van der Waals surface area contributed by atoms with Crippen LogP contribution in [0.25, 0.3) is 0 Å². The summed E-state index contributed by atoms with van der Waals surface area (Å²) in [4.78, 5) is 11.8. The largest absolute Gasteiger partial charge is 0.465 e. The fourth-order valence-corrected chi connectivity index (χ4v) is 2.79. The first kappa shape index (κ1) is 13.9. The second-order valence-electron chi connectivity index (χ2n) is 4.74. The van der Waals surface area contributed by atoms with Crippen LogP contribution in [0.4, 0.5) is 0 Å². The molecular weight excluding hydrogens is 220 g/mol. The van der Waals surface area contributed by atoms with E-state index in [2.05, 4.69) is 13.2 Å². The van der Waals surface area contributed by atoms with Crippen molar-refractivity contribution < 1.29 is 9.53 Å². The van der Waals surface area contributed by atoms with Gasteiger partial charge in [-0.2, -0.15) is 11.8 Å². The van der Waals surface area contributed by atoms with E-state index in [-0.39, 0.29) is 11.9 Å². The molecule has 0 aliphatic heterocycles. The molecule has 0 amide bonds. The summed E-state index contributed by atoms with van der Waals surface area (Å²) in [6.07, 6.45) is 8.95. The molecule has 2 unspecified atom stereocenters. The zero-order valence-corrected chi connectivity index (χ0v) is 11.4. The van der Waals surface area contributed by atoms with E-state index in [4.69, 9.17) is 4.74 Å². The predicted octanol–water partition coefficient (Wildman–Crippen LogP) is 3.50. The molecule has 0 aromatic heterocycles. The van der Waals surface area contributed by atoms with Gasteiger partial charge >= 0.3 is 5.97 Å². The Labute approximate surface area is 104 Å². The zero-order chi connectivity index (χ0) is 11.8. The second kappa shape index (κ2) is 7.99. The van der Waals surface area contributed by atoms with Crippen LogP contribution in [-0.2, 0) is 9.53 Å². The highest BCUT2D eigenvalue weighted by Gasteiger charge is 2.28. The van der Waals surface area contributed by atoms with Crippen LogP contribution in [0.1, 0.15) is 45.4 Å². The number of carbonyl (C=O) groups excluding carboxylic acids is 1. The highest BCUT2D eigenvalue weighted by atomic mass is 32.2. The van der Waals surface area contributed by atoms with Gasteiger partial charge in [-0.25, -0.2) is 0 Å². The molecule has 0 saturated heterocycles. The molecule has 94 valence electrons. The molecule has 0 heterocycles. The minimum atomic E-state index is 0.0522. The fourth-order valence-electron chi connectivity index (χ4n) is 2.29. The molecule has 1 aliphatic carbocycles. The van der Waals surface area contributed by atoms with Gasteiger partial charge in [0.05, 0.1) is 12.5 Å². The third-order valence-corrected chi connectivity index (χ3v) is 4.10.